The van der Waals surface area contributed by atoms with Crippen LogP contribution in [0.15, 0.2) is 36.4 Å². The number of hydrogen-bond acceptors (Lipinski definition) is 3. The van der Waals surface area contributed by atoms with Gasteiger partial charge in [0.25, 0.3) is 5.91 Å². The lowest BCUT2D eigenvalue weighted by Gasteiger charge is -2.12. The third kappa shape index (κ3) is 3.80. The number of carbonyl (C=O) groups is 1. The number of nitrogens with one attached hydrogen (secondary N) is 1. The molecule has 5 heteroatoms. The van der Waals surface area contributed by atoms with Crippen molar-refractivity contribution in [1.82, 2.24) is 0 Å². The van der Waals surface area contributed by atoms with Gasteiger partial charge in [0, 0.05) is 21.8 Å². The maximum absolute atomic E-state index is 12.3. The Hall–Kier alpha value is -2.46. The summed E-state index contributed by atoms with van der Waals surface area (Å²) in [5.74, 6) is 1.25. The van der Waals surface area contributed by atoms with Crippen LogP contribution >= 0.6 is 11.6 Å². The van der Waals surface area contributed by atoms with E-state index >= 15 is 0 Å². The molecule has 4 nitrogen and oxygen atoms in total. The van der Waals surface area contributed by atoms with E-state index < -0.39 is 0 Å². The second-order valence-electron chi connectivity index (χ2n) is 5.69. The largest absolute Gasteiger partial charge is 0.490 e. The standard InChI is InChI=1S/C20H20ClNO3/c1-3-9-25-18-8-5-13(11-19(18)24-4-2)10-16-15-12-14(21)6-7-17(15)22-20(16)23/h5-8,10-12H,3-4,9H2,1-2H3,(H,22,23)/b16-10+. The molecule has 1 aliphatic rings. The van der Waals surface area contributed by atoms with Gasteiger partial charge in [-0.3, -0.25) is 4.79 Å². The van der Waals surface area contributed by atoms with Crippen molar-refractivity contribution in [1.29, 1.82) is 0 Å². The molecule has 130 valence electrons. The lowest BCUT2D eigenvalue weighted by atomic mass is 10.0. The van der Waals surface area contributed by atoms with Gasteiger partial charge in [-0.1, -0.05) is 24.6 Å². The number of rotatable bonds is 6. The normalized spacial score (nSPS) is 14.4. The third-order valence-electron chi connectivity index (χ3n) is 3.80. The van der Waals surface area contributed by atoms with Crippen molar-refractivity contribution >= 4 is 34.8 Å². The molecule has 0 saturated heterocycles. The van der Waals surface area contributed by atoms with Crippen molar-refractivity contribution in [3.8, 4) is 11.5 Å². The van der Waals surface area contributed by atoms with Crippen molar-refractivity contribution in [3.63, 3.8) is 0 Å². The van der Waals surface area contributed by atoms with Crippen LogP contribution < -0.4 is 14.8 Å². The van der Waals surface area contributed by atoms with Crippen molar-refractivity contribution in [2.45, 2.75) is 20.3 Å². The molecule has 1 aliphatic heterocycles. The molecule has 1 heterocycles. The monoisotopic (exact) mass is 357 g/mol. The van der Waals surface area contributed by atoms with E-state index in [9.17, 15) is 4.79 Å². The first kappa shape index (κ1) is 17.4. The molecular weight excluding hydrogens is 338 g/mol. The molecule has 0 aliphatic carbocycles. The fraction of sp³-hybridized carbons (Fsp3) is 0.250. The third-order valence-corrected chi connectivity index (χ3v) is 4.04. The first-order valence-corrected chi connectivity index (χ1v) is 8.72. The molecule has 0 aromatic heterocycles. The first-order chi connectivity index (χ1) is 12.1. The molecule has 2 aromatic rings. The number of amides is 1. The fourth-order valence-electron chi connectivity index (χ4n) is 2.68. The smallest absolute Gasteiger partial charge is 0.256 e. The fourth-order valence-corrected chi connectivity index (χ4v) is 2.86. The van der Waals surface area contributed by atoms with E-state index in [1.54, 1.807) is 12.1 Å². The van der Waals surface area contributed by atoms with E-state index in [4.69, 9.17) is 21.1 Å². The molecular formula is C20H20ClNO3. The van der Waals surface area contributed by atoms with Gasteiger partial charge in [-0.2, -0.15) is 0 Å². The number of carbonyl (C=O) groups excluding carboxylic acids is 1. The minimum atomic E-state index is -0.137. The number of halogens is 1. The van der Waals surface area contributed by atoms with E-state index in [1.165, 1.54) is 0 Å². The molecule has 0 unspecified atom stereocenters. The SMILES string of the molecule is CCCOc1ccc(/C=C2/C(=O)Nc3ccc(Cl)cc32)cc1OCC. The number of anilines is 1. The Balaban J connectivity index is 1.97. The summed E-state index contributed by atoms with van der Waals surface area (Å²) >= 11 is 6.07. The Morgan fingerprint density at radius 1 is 1.08 bits per heavy atom. The zero-order valence-electron chi connectivity index (χ0n) is 14.3. The number of fused-ring (bicyclic) bond motifs is 1. The van der Waals surface area contributed by atoms with Crippen molar-refractivity contribution in [3.05, 3.63) is 52.5 Å². The lowest BCUT2D eigenvalue weighted by molar-refractivity contribution is -0.110. The highest BCUT2D eigenvalue weighted by Gasteiger charge is 2.24. The highest BCUT2D eigenvalue weighted by Crippen LogP contribution is 2.36. The molecule has 1 amide bonds. The summed E-state index contributed by atoms with van der Waals surface area (Å²) in [6.45, 7) is 5.16. The number of hydrogen-bond donors (Lipinski definition) is 1. The Morgan fingerprint density at radius 2 is 1.92 bits per heavy atom. The predicted octanol–water partition coefficient (Wildman–Crippen LogP) is 5.02. The van der Waals surface area contributed by atoms with E-state index in [0.717, 1.165) is 23.2 Å². The average molecular weight is 358 g/mol. The van der Waals surface area contributed by atoms with Gasteiger partial charge in [0.1, 0.15) is 0 Å². The Labute approximate surface area is 152 Å². The van der Waals surface area contributed by atoms with Crippen LogP contribution in [0.4, 0.5) is 5.69 Å². The first-order valence-electron chi connectivity index (χ1n) is 8.35. The molecule has 0 radical (unpaired) electrons. The van der Waals surface area contributed by atoms with Crippen LogP contribution in [0, 0.1) is 0 Å². The van der Waals surface area contributed by atoms with Crippen molar-refractivity contribution in [2.75, 3.05) is 18.5 Å². The second-order valence-corrected chi connectivity index (χ2v) is 6.13. The summed E-state index contributed by atoms with van der Waals surface area (Å²) in [6.07, 6.45) is 2.76. The maximum Gasteiger partial charge on any atom is 0.256 e. The van der Waals surface area contributed by atoms with Gasteiger partial charge in [0.15, 0.2) is 11.5 Å². The van der Waals surface area contributed by atoms with E-state index in [1.807, 2.05) is 37.3 Å². The summed E-state index contributed by atoms with van der Waals surface area (Å²) in [4.78, 5) is 12.3. The van der Waals surface area contributed by atoms with Crippen LogP contribution in [0.3, 0.4) is 0 Å². The van der Waals surface area contributed by atoms with Gasteiger partial charge in [-0.15, -0.1) is 0 Å². The molecule has 0 bridgehead atoms. The summed E-state index contributed by atoms with van der Waals surface area (Å²) in [5.41, 5.74) is 3.03. The van der Waals surface area contributed by atoms with E-state index in [2.05, 4.69) is 12.2 Å². The quantitative estimate of drug-likeness (QED) is 0.738. The van der Waals surface area contributed by atoms with Gasteiger partial charge in [-0.05, 0) is 55.3 Å². The zero-order valence-corrected chi connectivity index (χ0v) is 15.0. The predicted molar refractivity (Wildman–Crippen MR) is 101 cm³/mol. The van der Waals surface area contributed by atoms with Crippen LogP contribution in [0.25, 0.3) is 11.6 Å². The molecule has 1 N–H and O–H groups in total. The van der Waals surface area contributed by atoms with Gasteiger partial charge >= 0.3 is 0 Å². The van der Waals surface area contributed by atoms with Crippen LogP contribution in [0.2, 0.25) is 5.02 Å². The molecule has 25 heavy (non-hydrogen) atoms. The summed E-state index contributed by atoms with van der Waals surface area (Å²) < 4.78 is 11.4. The Kier molecular flexibility index (Phi) is 5.29. The molecule has 0 spiro atoms. The maximum atomic E-state index is 12.3. The lowest BCUT2D eigenvalue weighted by Crippen LogP contribution is -2.03. The highest BCUT2D eigenvalue weighted by atomic mass is 35.5. The topological polar surface area (TPSA) is 47.6 Å². The van der Waals surface area contributed by atoms with Crippen molar-refractivity contribution < 1.29 is 14.3 Å². The highest BCUT2D eigenvalue weighted by molar-refractivity contribution is 6.36. The van der Waals surface area contributed by atoms with Gasteiger partial charge in [0.2, 0.25) is 0 Å². The Bertz CT molecular complexity index is 830. The van der Waals surface area contributed by atoms with Crippen LogP contribution in [0.5, 0.6) is 11.5 Å². The molecule has 0 fully saturated rings. The van der Waals surface area contributed by atoms with Gasteiger partial charge in [-0.25, -0.2) is 0 Å². The van der Waals surface area contributed by atoms with Crippen LogP contribution in [0.1, 0.15) is 31.4 Å². The molecule has 0 saturated carbocycles. The minimum absolute atomic E-state index is 0.137. The zero-order chi connectivity index (χ0) is 17.8. The second kappa shape index (κ2) is 7.62. The molecule has 0 atom stereocenters. The Morgan fingerprint density at radius 3 is 2.68 bits per heavy atom. The van der Waals surface area contributed by atoms with E-state index in [0.29, 0.717) is 35.3 Å². The summed E-state index contributed by atoms with van der Waals surface area (Å²) in [6, 6.07) is 11.0. The average Bonchev–Trinajstić information content (AvgIpc) is 2.90. The minimum Gasteiger partial charge on any atom is -0.490 e. The number of benzene rings is 2. The van der Waals surface area contributed by atoms with E-state index in [-0.39, 0.29) is 5.91 Å². The van der Waals surface area contributed by atoms with Gasteiger partial charge in [0.05, 0.1) is 13.2 Å². The summed E-state index contributed by atoms with van der Waals surface area (Å²) in [5, 5.41) is 3.45. The van der Waals surface area contributed by atoms with Gasteiger partial charge < -0.3 is 14.8 Å². The molecule has 2 aromatic carbocycles. The van der Waals surface area contributed by atoms with Crippen molar-refractivity contribution in [2.24, 2.45) is 0 Å². The summed E-state index contributed by atoms with van der Waals surface area (Å²) in [7, 11) is 0. The molecule has 3 rings (SSSR count). The van der Waals surface area contributed by atoms with Crippen LogP contribution in [-0.4, -0.2) is 19.1 Å². The number of ether oxygens (including phenoxy) is 2. The van der Waals surface area contributed by atoms with Crippen LogP contribution in [-0.2, 0) is 4.79 Å².